The zero-order chi connectivity index (χ0) is 13.0. The maximum absolute atomic E-state index is 12.6. The van der Waals surface area contributed by atoms with E-state index in [1.165, 1.54) is 35.1 Å². The van der Waals surface area contributed by atoms with E-state index in [0.29, 0.717) is 10.8 Å². The van der Waals surface area contributed by atoms with Crippen LogP contribution >= 0.6 is 11.6 Å². The van der Waals surface area contributed by atoms with Crippen LogP contribution in [0, 0.1) is 5.82 Å². The smallest absolute Gasteiger partial charge is 0.123 e. The van der Waals surface area contributed by atoms with E-state index < -0.39 is 6.10 Å². The molecule has 0 bridgehead atoms. The first-order chi connectivity index (χ1) is 8.63. The molecule has 0 aliphatic carbocycles. The summed E-state index contributed by atoms with van der Waals surface area (Å²) in [6, 6.07) is 5.61. The molecule has 2 aromatic rings. The quantitative estimate of drug-likeness (QED) is 0.905. The second kappa shape index (κ2) is 5.84. The van der Waals surface area contributed by atoms with Gasteiger partial charge in [-0.2, -0.15) is 5.10 Å². The molecular weight excluding hydrogens is 259 g/mol. The molecule has 6 heteroatoms. The number of nitrogens with zero attached hydrogens (tertiary/aromatic N) is 2. The van der Waals surface area contributed by atoms with Crippen LogP contribution in [0.15, 0.2) is 36.7 Å². The first kappa shape index (κ1) is 12.9. The van der Waals surface area contributed by atoms with Crippen molar-refractivity contribution in [3.63, 3.8) is 0 Å². The Labute approximate surface area is 109 Å². The minimum absolute atomic E-state index is 0.100. The van der Waals surface area contributed by atoms with Crippen LogP contribution < -0.4 is 4.74 Å². The molecule has 1 atom stereocenters. The average Bonchev–Trinajstić information content (AvgIpc) is 2.74. The fourth-order valence-electron chi connectivity index (χ4n) is 1.43. The number of aliphatic hydroxyl groups excluding tert-OH is 1. The van der Waals surface area contributed by atoms with Gasteiger partial charge in [-0.25, -0.2) is 4.39 Å². The highest BCUT2D eigenvalue weighted by Gasteiger charge is 2.07. The van der Waals surface area contributed by atoms with Gasteiger partial charge < -0.3 is 9.84 Å². The Balaban J connectivity index is 1.81. The minimum Gasteiger partial charge on any atom is -0.491 e. The number of halogens is 2. The Kier molecular flexibility index (Phi) is 4.17. The second-order valence-electron chi connectivity index (χ2n) is 3.80. The van der Waals surface area contributed by atoms with Gasteiger partial charge in [0.2, 0.25) is 0 Å². The Hall–Kier alpha value is -1.59. The molecule has 0 aliphatic heterocycles. The van der Waals surface area contributed by atoms with E-state index >= 15 is 0 Å². The van der Waals surface area contributed by atoms with Gasteiger partial charge in [0.1, 0.15) is 24.3 Å². The van der Waals surface area contributed by atoms with Crippen LogP contribution in [0.4, 0.5) is 4.39 Å². The zero-order valence-electron chi connectivity index (χ0n) is 9.46. The van der Waals surface area contributed by atoms with Gasteiger partial charge in [0.25, 0.3) is 0 Å². The number of benzene rings is 1. The predicted molar refractivity (Wildman–Crippen MR) is 65.1 cm³/mol. The third-order valence-electron chi connectivity index (χ3n) is 2.26. The highest BCUT2D eigenvalue weighted by atomic mass is 35.5. The summed E-state index contributed by atoms with van der Waals surface area (Å²) >= 11 is 5.70. The van der Waals surface area contributed by atoms with Gasteiger partial charge in [-0.15, -0.1) is 0 Å². The molecule has 0 radical (unpaired) electrons. The Morgan fingerprint density at radius 3 is 2.72 bits per heavy atom. The number of ether oxygens (including phenoxy) is 1. The van der Waals surface area contributed by atoms with Crippen LogP contribution in [0.5, 0.6) is 5.75 Å². The summed E-state index contributed by atoms with van der Waals surface area (Å²) in [7, 11) is 0. The van der Waals surface area contributed by atoms with E-state index in [-0.39, 0.29) is 19.0 Å². The summed E-state index contributed by atoms with van der Waals surface area (Å²) in [6.45, 7) is 0.386. The highest BCUT2D eigenvalue weighted by Crippen LogP contribution is 2.11. The predicted octanol–water partition coefficient (Wildman–Crippen LogP) is 2.12. The third-order valence-corrected chi connectivity index (χ3v) is 2.45. The Morgan fingerprint density at radius 1 is 1.39 bits per heavy atom. The van der Waals surface area contributed by atoms with Crippen LogP contribution in [0.1, 0.15) is 0 Å². The van der Waals surface area contributed by atoms with Gasteiger partial charge >= 0.3 is 0 Å². The number of hydrogen-bond acceptors (Lipinski definition) is 3. The van der Waals surface area contributed by atoms with E-state index in [4.69, 9.17) is 16.3 Å². The van der Waals surface area contributed by atoms with Gasteiger partial charge in [0, 0.05) is 6.20 Å². The van der Waals surface area contributed by atoms with Crippen molar-refractivity contribution in [1.29, 1.82) is 0 Å². The summed E-state index contributed by atoms with van der Waals surface area (Å²) in [5.74, 6) is 0.183. The van der Waals surface area contributed by atoms with Crippen molar-refractivity contribution >= 4 is 11.6 Å². The number of hydrogen-bond donors (Lipinski definition) is 1. The lowest BCUT2D eigenvalue weighted by molar-refractivity contribution is 0.0893. The number of rotatable bonds is 5. The summed E-state index contributed by atoms with van der Waals surface area (Å²) in [5, 5.41) is 14.2. The third kappa shape index (κ3) is 3.72. The summed E-state index contributed by atoms with van der Waals surface area (Å²) < 4.78 is 19.5. The molecule has 1 aromatic carbocycles. The molecule has 0 saturated carbocycles. The molecule has 1 N–H and O–H groups in total. The minimum atomic E-state index is -0.717. The zero-order valence-corrected chi connectivity index (χ0v) is 10.2. The molecule has 0 spiro atoms. The summed E-state index contributed by atoms with van der Waals surface area (Å²) in [6.07, 6.45) is 2.39. The highest BCUT2D eigenvalue weighted by molar-refractivity contribution is 6.30. The maximum Gasteiger partial charge on any atom is 0.123 e. The number of aromatic nitrogens is 2. The summed E-state index contributed by atoms with van der Waals surface area (Å²) in [5.41, 5.74) is 0. The first-order valence-corrected chi connectivity index (χ1v) is 5.75. The van der Waals surface area contributed by atoms with Crippen molar-refractivity contribution in [3.8, 4) is 5.75 Å². The largest absolute Gasteiger partial charge is 0.491 e. The van der Waals surface area contributed by atoms with Gasteiger partial charge in [0.15, 0.2) is 0 Å². The van der Waals surface area contributed by atoms with Crippen LogP contribution in [0.2, 0.25) is 5.02 Å². The van der Waals surface area contributed by atoms with Gasteiger partial charge in [-0.1, -0.05) is 11.6 Å². The van der Waals surface area contributed by atoms with E-state index in [2.05, 4.69) is 5.10 Å². The lowest BCUT2D eigenvalue weighted by atomic mass is 10.3. The lowest BCUT2D eigenvalue weighted by Crippen LogP contribution is -2.23. The van der Waals surface area contributed by atoms with Crippen molar-refractivity contribution in [1.82, 2.24) is 9.78 Å². The standard InChI is InChI=1S/C12H12ClFN2O2/c13-9-5-15-16(6-9)7-11(17)8-18-12-3-1-10(14)2-4-12/h1-6,11,17H,7-8H2. The van der Waals surface area contributed by atoms with E-state index in [0.717, 1.165) is 0 Å². The first-order valence-electron chi connectivity index (χ1n) is 5.38. The molecule has 0 saturated heterocycles. The monoisotopic (exact) mass is 270 g/mol. The average molecular weight is 271 g/mol. The van der Waals surface area contributed by atoms with Crippen LogP contribution in [0.25, 0.3) is 0 Å². The van der Waals surface area contributed by atoms with Crippen molar-refractivity contribution in [2.75, 3.05) is 6.61 Å². The fourth-order valence-corrected chi connectivity index (χ4v) is 1.59. The van der Waals surface area contributed by atoms with Gasteiger partial charge in [-0.3, -0.25) is 4.68 Å². The molecule has 1 heterocycles. The SMILES string of the molecule is OC(COc1ccc(F)cc1)Cn1cc(Cl)cn1. The summed E-state index contributed by atoms with van der Waals surface area (Å²) in [4.78, 5) is 0. The van der Waals surface area contributed by atoms with Crippen LogP contribution in [-0.4, -0.2) is 27.6 Å². The van der Waals surface area contributed by atoms with Gasteiger partial charge in [-0.05, 0) is 24.3 Å². The number of aliphatic hydroxyl groups is 1. The van der Waals surface area contributed by atoms with Crippen molar-refractivity contribution in [3.05, 3.63) is 47.5 Å². The fraction of sp³-hybridized carbons (Fsp3) is 0.250. The molecule has 0 aliphatic rings. The van der Waals surface area contributed by atoms with E-state index in [1.807, 2.05) is 0 Å². The van der Waals surface area contributed by atoms with Crippen LogP contribution in [-0.2, 0) is 6.54 Å². The maximum atomic E-state index is 12.6. The molecule has 2 rings (SSSR count). The topological polar surface area (TPSA) is 47.3 Å². The van der Waals surface area contributed by atoms with Crippen molar-refractivity contribution in [2.45, 2.75) is 12.6 Å². The van der Waals surface area contributed by atoms with Crippen molar-refractivity contribution in [2.24, 2.45) is 0 Å². The molecule has 4 nitrogen and oxygen atoms in total. The molecule has 0 fully saturated rings. The lowest BCUT2D eigenvalue weighted by Gasteiger charge is -2.12. The van der Waals surface area contributed by atoms with Crippen molar-refractivity contribution < 1.29 is 14.2 Å². The normalized spacial score (nSPS) is 12.4. The van der Waals surface area contributed by atoms with E-state index in [1.54, 1.807) is 6.20 Å². The van der Waals surface area contributed by atoms with Crippen LogP contribution in [0.3, 0.4) is 0 Å². The molecular formula is C12H12ClFN2O2. The molecule has 18 heavy (non-hydrogen) atoms. The van der Waals surface area contributed by atoms with Gasteiger partial charge in [0.05, 0.1) is 17.8 Å². The van der Waals surface area contributed by atoms with E-state index in [9.17, 15) is 9.50 Å². The molecule has 0 amide bonds. The second-order valence-corrected chi connectivity index (χ2v) is 4.24. The molecule has 1 unspecified atom stereocenters. The Bertz CT molecular complexity index is 501. The Morgan fingerprint density at radius 2 is 2.11 bits per heavy atom. The molecule has 1 aromatic heterocycles. The molecule has 96 valence electrons.